The van der Waals surface area contributed by atoms with Crippen LogP contribution in [0.3, 0.4) is 0 Å². The normalized spacial score (nSPS) is 15.6. The highest BCUT2D eigenvalue weighted by molar-refractivity contribution is 5.98. The minimum absolute atomic E-state index is 0.165. The molecule has 0 bridgehead atoms. The molecule has 0 radical (unpaired) electrons. The Morgan fingerprint density at radius 1 is 1.00 bits per heavy atom. The van der Waals surface area contributed by atoms with Crippen LogP contribution in [0.15, 0.2) is 72.6 Å². The number of nitriles is 1. The van der Waals surface area contributed by atoms with E-state index in [4.69, 9.17) is 15.7 Å². The van der Waals surface area contributed by atoms with Crippen molar-refractivity contribution >= 4 is 22.8 Å². The highest BCUT2D eigenvalue weighted by Crippen LogP contribution is 2.32. The van der Waals surface area contributed by atoms with Crippen molar-refractivity contribution in [2.75, 3.05) is 5.73 Å². The van der Waals surface area contributed by atoms with Crippen molar-refractivity contribution in [2.24, 2.45) is 5.92 Å². The highest BCUT2D eigenvalue weighted by Gasteiger charge is 2.23. The highest BCUT2D eigenvalue weighted by atomic mass is 16.5. The maximum absolute atomic E-state index is 11.8. The monoisotopic (exact) mass is 521 g/mol. The Labute approximate surface area is 227 Å². The van der Waals surface area contributed by atoms with Crippen molar-refractivity contribution < 1.29 is 9.53 Å². The maximum Gasteiger partial charge on any atom is 0.261 e. The van der Waals surface area contributed by atoms with Crippen LogP contribution in [-0.2, 0) is 4.79 Å². The van der Waals surface area contributed by atoms with Crippen LogP contribution in [0, 0.1) is 17.2 Å². The average Bonchev–Trinajstić information content (AvgIpc) is 3.69. The number of anilines is 1. The first-order chi connectivity index (χ1) is 19.1. The molecule has 2 heterocycles. The Morgan fingerprint density at radius 2 is 1.72 bits per heavy atom. The van der Waals surface area contributed by atoms with Crippen molar-refractivity contribution in [2.45, 2.75) is 51.0 Å². The standard InChI is InChI=1S/C17H13N5O.C13H18N2O/c18-16-14-15(21-22-17(14)20-10-19-16)11-6-8-13(9-7-11)23-12-4-2-1-3-5-12;14-9-11(8-10-6-7-10)13(16)15-12-4-2-1-3-5-12/h1-10H,(H3,18,19,20,21,22);8,10,12H,1-7H2,(H,15,16)/b;11-8+. The molecular weight excluding hydrogens is 490 g/mol. The van der Waals surface area contributed by atoms with Gasteiger partial charge < -0.3 is 15.8 Å². The average molecular weight is 522 g/mol. The topological polar surface area (TPSA) is 143 Å². The van der Waals surface area contributed by atoms with Gasteiger partial charge in [-0.25, -0.2) is 9.97 Å². The molecule has 198 valence electrons. The summed E-state index contributed by atoms with van der Waals surface area (Å²) < 4.78 is 5.79. The number of benzene rings is 2. The number of ether oxygens (including phenoxy) is 1. The fraction of sp³-hybridized carbons (Fsp3) is 0.300. The summed E-state index contributed by atoms with van der Waals surface area (Å²) in [5.41, 5.74) is 8.54. The van der Waals surface area contributed by atoms with Crippen molar-refractivity contribution in [1.29, 1.82) is 5.26 Å². The Balaban J connectivity index is 0.000000169. The molecule has 39 heavy (non-hydrogen) atoms. The van der Waals surface area contributed by atoms with Gasteiger partial charge in [-0.15, -0.1) is 0 Å². The SMILES string of the molecule is N#C/C(=C\C1CC1)C(=O)NC1CCCCC1.Nc1ncnc2n[nH]c(-c3ccc(Oc4ccccc4)cc3)c12. The predicted octanol–water partition coefficient (Wildman–Crippen LogP) is 5.69. The van der Waals surface area contributed by atoms with E-state index in [0.29, 0.717) is 23.0 Å². The number of hydrogen-bond donors (Lipinski definition) is 3. The number of fused-ring (bicyclic) bond motifs is 1. The fourth-order valence-corrected chi connectivity index (χ4v) is 4.57. The summed E-state index contributed by atoms with van der Waals surface area (Å²) in [6.07, 6.45) is 11.3. The van der Waals surface area contributed by atoms with Crippen LogP contribution >= 0.6 is 0 Å². The molecule has 0 unspecified atom stereocenters. The van der Waals surface area contributed by atoms with E-state index in [1.54, 1.807) is 0 Å². The lowest BCUT2D eigenvalue weighted by molar-refractivity contribution is -0.118. The smallest absolute Gasteiger partial charge is 0.261 e. The van der Waals surface area contributed by atoms with Crippen LogP contribution < -0.4 is 15.8 Å². The van der Waals surface area contributed by atoms with Crippen molar-refractivity contribution in [3.63, 3.8) is 0 Å². The van der Waals surface area contributed by atoms with E-state index in [9.17, 15) is 4.79 Å². The summed E-state index contributed by atoms with van der Waals surface area (Å²) in [7, 11) is 0. The first-order valence-electron chi connectivity index (χ1n) is 13.3. The first-order valence-corrected chi connectivity index (χ1v) is 13.3. The second-order valence-electron chi connectivity index (χ2n) is 9.83. The number of nitrogen functional groups attached to an aromatic ring is 1. The van der Waals surface area contributed by atoms with E-state index >= 15 is 0 Å². The Kier molecular flexibility index (Phi) is 8.12. The number of para-hydroxylation sites is 1. The number of aromatic nitrogens is 4. The van der Waals surface area contributed by atoms with E-state index in [1.807, 2.05) is 66.7 Å². The van der Waals surface area contributed by atoms with Crippen LogP contribution in [0.25, 0.3) is 22.3 Å². The quantitative estimate of drug-likeness (QED) is 0.218. The van der Waals surface area contributed by atoms with Crippen molar-refractivity contribution in [3.05, 3.63) is 72.6 Å². The summed E-state index contributed by atoms with van der Waals surface area (Å²) in [6, 6.07) is 19.6. The van der Waals surface area contributed by atoms with Crippen LogP contribution in [-0.4, -0.2) is 32.1 Å². The van der Waals surface area contributed by atoms with Gasteiger partial charge >= 0.3 is 0 Å². The van der Waals surface area contributed by atoms with Crippen molar-refractivity contribution in [3.8, 4) is 28.8 Å². The molecule has 4 N–H and O–H groups in total. The lowest BCUT2D eigenvalue weighted by Crippen LogP contribution is -2.36. The van der Waals surface area contributed by atoms with Gasteiger partial charge in [-0.1, -0.05) is 43.5 Å². The lowest BCUT2D eigenvalue weighted by atomic mass is 9.95. The van der Waals surface area contributed by atoms with Gasteiger partial charge in [0.25, 0.3) is 5.91 Å². The van der Waals surface area contributed by atoms with Gasteiger partial charge in [0, 0.05) is 11.6 Å². The second-order valence-corrected chi connectivity index (χ2v) is 9.83. The molecule has 0 saturated heterocycles. The van der Waals surface area contributed by atoms with Crippen LogP contribution in [0.4, 0.5) is 5.82 Å². The molecule has 2 saturated carbocycles. The summed E-state index contributed by atoms with van der Waals surface area (Å²) in [5, 5.41) is 19.7. The molecule has 1 amide bonds. The third-order valence-corrected chi connectivity index (χ3v) is 6.83. The molecule has 2 aliphatic rings. The van der Waals surface area contributed by atoms with E-state index in [0.717, 1.165) is 53.8 Å². The lowest BCUT2D eigenvalue weighted by Gasteiger charge is -2.22. The third-order valence-electron chi connectivity index (χ3n) is 6.83. The molecule has 2 aromatic carbocycles. The van der Waals surface area contributed by atoms with Crippen molar-refractivity contribution in [1.82, 2.24) is 25.5 Å². The molecule has 2 aromatic heterocycles. The Hall–Kier alpha value is -4.71. The Morgan fingerprint density at radius 3 is 2.41 bits per heavy atom. The van der Waals surface area contributed by atoms with Gasteiger partial charge in [0.1, 0.15) is 35.3 Å². The largest absolute Gasteiger partial charge is 0.457 e. The van der Waals surface area contributed by atoms with Gasteiger partial charge in [-0.3, -0.25) is 9.89 Å². The zero-order chi connectivity index (χ0) is 27.0. The fourth-order valence-electron chi connectivity index (χ4n) is 4.57. The third kappa shape index (κ3) is 6.79. The molecule has 9 nitrogen and oxygen atoms in total. The summed E-state index contributed by atoms with van der Waals surface area (Å²) in [6.45, 7) is 0. The van der Waals surface area contributed by atoms with E-state index in [-0.39, 0.29) is 11.9 Å². The van der Waals surface area contributed by atoms with Crippen LogP contribution in [0.5, 0.6) is 11.5 Å². The number of rotatable bonds is 6. The number of carbonyl (C=O) groups is 1. The Bertz CT molecular complexity index is 1480. The number of aromatic amines is 1. The van der Waals surface area contributed by atoms with E-state index in [1.165, 1.54) is 25.6 Å². The zero-order valence-electron chi connectivity index (χ0n) is 21.6. The summed E-state index contributed by atoms with van der Waals surface area (Å²) in [5.74, 6) is 2.27. The number of carbonyl (C=O) groups excluding carboxylic acids is 1. The van der Waals surface area contributed by atoms with Gasteiger partial charge in [-0.05, 0) is 68.0 Å². The molecule has 2 fully saturated rings. The minimum atomic E-state index is -0.165. The molecule has 0 aliphatic heterocycles. The first kappa shape index (κ1) is 25.9. The predicted molar refractivity (Wildman–Crippen MR) is 149 cm³/mol. The van der Waals surface area contributed by atoms with E-state index < -0.39 is 0 Å². The number of allylic oxidation sites excluding steroid dienone is 1. The van der Waals surface area contributed by atoms with E-state index in [2.05, 4.69) is 25.5 Å². The molecule has 4 aromatic rings. The minimum Gasteiger partial charge on any atom is -0.457 e. The molecule has 0 atom stereocenters. The van der Waals surface area contributed by atoms with Gasteiger partial charge in [0.2, 0.25) is 0 Å². The molecule has 6 rings (SSSR count). The zero-order valence-corrected chi connectivity index (χ0v) is 21.6. The van der Waals surface area contributed by atoms with Crippen LogP contribution in [0.2, 0.25) is 0 Å². The van der Waals surface area contributed by atoms with Gasteiger partial charge in [0.15, 0.2) is 5.65 Å². The van der Waals surface area contributed by atoms with Crippen LogP contribution in [0.1, 0.15) is 44.9 Å². The number of hydrogen-bond acceptors (Lipinski definition) is 7. The summed E-state index contributed by atoms with van der Waals surface area (Å²) in [4.78, 5) is 19.9. The molecule has 0 spiro atoms. The summed E-state index contributed by atoms with van der Waals surface area (Å²) >= 11 is 0. The molecule has 9 heteroatoms. The number of nitrogens with one attached hydrogen (secondary N) is 2. The maximum atomic E-state index is 11.8. The number of nitrogens with zero attached hydrogens (tertiary/aromatic N) is 4. The molecular formula is C30H31N7O2. The number of amides is 1. The molecule has 2 aliphatic carbocycles. The van der Waals surface area contributed by atoms with Gasteiger partial charge in [0.05, 0.1) is 11.1 Å². The number of H-pyrrole nitrogens is 1. The number of nitrogens with two attached hydrogens (primary N) is 1. The second kappa shape index (κ2) is 12.2. The van der Waals surface area contributed by atoms with Gasteiger partial charge in [-0.2, -0.15) is 10.4 Å².